The molecule has 2 aromatic heterocycles. The number of pyridine rings is 1. The topological polar surface area (TPSA) is 139 Å². The number of benzene rings is 1. The van der Waals surface area contributed by atoms with E-state index >= 15 is 0 Å². The summed E-state index contributed by atoms with van der Waals surface area (Å²) in [5, 5.41) is 11.5. The third-order valence-electron chi connectivity index (χ3n) is 7.08. The fraction of sp³-hybridized carbons (Fsp3) is 0.417. The second-order valence-corrected chi connectivity index (χ2v) is 9.19. The molecule has 1 fully saturated rings. The summed E-state index contributed by atoms with van der Waals surface area (Å²) in [6.07, 6.45) is 0.791. The Balaban J connectivity index is 1.43. The molecule has 12 nitrogen and oxygen atoms in total. The number of nitro groups is 1. The van der Waals surface area contributed by atoms with Crippen LogP contribution in [-0.4, -0.2) is 57.2 Å². The minimum Gasteiger partial charge on any atom is -0.493 e. The smallest absolute Gasteiger partial charge is 0.334 e. The molecule has 0 saturated carbocycles. The van der Waals surface area contributed by atoms with Crippen LogP contribution in [0.15, 0.2) is 33.9 Å². The highest BCUT2D eigenvalue weighted by atomic mass is 16.6. The van der Waals surface area contributed by atoms with Gasteiger partial charge in [0.15, 0.2) is 11.5 Å². The molecule has 5 rings (SSSR count). The number of nitrogens with zero attached hydrogens (tertiary/aromatic N) is 5. The quantitative estimate of drug-likeness (QED) is 0.383. The maximum Gasteiger partial charge on any atom is 0.334 e. The Morgan fingerprint density at radius 1 is 1.11 bits per heavy atom. The molecule has 2 atom stereocenters. The summed E-state index contributed by atoms with van der Waals surface area (Å²) in [5.41, 5.74) is -0.264. The molecule has 1 amide bonds. The van der Waals surface area contributed by atoms with Gasteiger partial charge in [0.25, 0.3) is 5.56 Å². The molecule has 0 aliphatic carbocycles. The van der Waals surface area contributed by atoms with Crippen LogP contribution in [-0.2, 0) is 17.9 Å². The number of aromatic nitrogens is 3. The predicted molar refractivity (Wildman–Crippen MR) is 129 cm³/mol. The van der Waals surface area contributed by atoms with Gasteiger partial charge >= 0.3 is 11.2 Å². The molecule has 2 aliphatic rings. The van der Waals surface area contributed by atoms with Crippen molar-refractivity contribution >= 4 is 22.5 Å². The van der Waals surface area contributed by atoms with Gasteiger partial charge in [0, 0.05) is 43.4 Å². The third-order valence-corrected chi connectivity index (χ3v) is 7.08. The number of piperidine rings is 1. The van der Waals surface area contributed by atoms with E-state index in [2.05, 4.69) is 4.98 Å². The van der Waals surface area contributed by atoms with Crippen LogP contribution < -0.4 is 20.6 Å². The lowest BCUT2D eigenvalue weighted by Crippen LogP contribution is -2.50. The Labute approximate surface area is 204 Å². The molecule has 12 heteroatoms. The number of hydrogen-bond acceptors (Lipinski definition) is 8. The summed E-state index contributed by atoms with van der Waals surface area (Å²) in [7, 11) is 2.98. The first-order valence-corrected chi connectivity index (χ1v) is 11.5. The first-order chi connectivity index (χ1) is 17.2. The van der Waals surface area contributed by atoms with Gasteiger partial charge in [-0.2, -0.15) is 0 Å². The number of aryl methyl sites for hydroxylation is 1. The SMILES string of the molecule is COc1cc2nc(C)n(CC(=O)N3CC4C[C@@H](C3)Cn3c4ccc([N+](=O)[O-])c3=O)c(=O)c2cc1OC. The van der Waals surface area contributed by atoms with Crippen molar-refractivity contribution in [3.63, 3.8) is 0 Å². The number of carbonyl (C=O) groups excluding carboxylic acids is 1. The van der Waals surface area contributed by atoms with Crippen LogP contribution in [0.3, 0.4) is 0 Å². The molecule has 1 aromatic carbocycles. The molecule has 1 unspecified atom stereocenters. The summed E-state index contributed by atoms with van der Waals surface area (Å²) in [6.45, 7) is 2.59. The zero-order chi connectivity index (χ0) is 25.7. The van der Waals surface area contributed by atoms with Gasteiger partial charge in [0.05, 0.1) is 30.0 Å². The lowest BCUT2D eigenvalue weighted by molar-refractivity contribution is -0.386. The number of fused-ring (bicyclic) bond motifs is 5. The molecule has 1 saturated heterocycles. The standard InChI is InChI=1S/C24H25N5O7/c1-13-25-17-8-21(36-3)20(35-2)7-16(17)23(31)27(13)12-22(30)26-9-14-6-15(11-26)18-4-5-19(29(33)34)24(32)28(18)10-14/h4-5,7-8,14-15H,6,9-12H2,1-3H3/t14-,15?/m0/s1. The van der Waals surface area contributed by atoms with Crippen molar-refractivity contribution < 1.29 is 19.2 Å². The average Bonchev–Trinajstić information content (AvgIpc) is 2.86. The van der Waals surface area contributed by atoms with E-state index in [-0.39, 0.29) is 29.8 Å². The summed E-state index contributed by atoms with van der Waals surface area (Å²) < 4.78 is 13.4. The van der Waals surface area contributed by atoms with E-state index < -0.39 is 16.2 Å². The van der Waals surface area contributed by atoms with Gasteiger partial charge in [-0.3, -0.25) is 29.1 Å². The number of methoxy groups -OCH3 is 2. The summed E-state index contributed by atoms with van der Waals surface area (Å²) >= 11 is 0. The molecule has 0 N–H and O–H groups in total. The Kier molecular flexibility index (Phi) is 5.73. The van der Waals surface area contributed by atoms with E-state index in [1.165, 1.54) is 29.4 Å². The van der Waals surface area contributed by atoms with Gasteiger partial charge < -0.3 is 18.9 Å². The van der Waals surface area contributed by atoms with E-state index in [0.717, 1.165) is 6.42 Å². The molecule has 188 valence electrons. The molecule has 2 aliphatic heterocycles. The lowest BCUT2D eigenvalue weighted by atomic mass is 9.83. The van der Waals surface area contributed by atoms with Crippen LogP contribution >= 0.6 is 0 Å². The highest BCUT2D eigenvalue weighted by Crippen LogP contribution is 2.36. The highest BCUT2D eigenvalue weighted by molar-refractivity contribution is 5.83. The Bertz CT molecular complexity index is 1530. The summed E-state index contributed by atoms with van der Waals surface area (Å²) in [5.74, 6) is 0.894. The Morgan fingerprint density at radius 2 is 1.83 bits per heavy atom. The highest BCUT2D eigenvalue weighted by Gasteiger charge is 2.37. The van der Waals surface area contributed by atoms with Crippen LogP contribution in [0.5, 0.6) is 11.5 Å². The van der Waals surface area contributed by atoms with E-state index in [0.29, 0.717) is 53.6 Å². The molecule has 2 bridgehead atoms. The number of carbonyl (C=O) groups is 1. The average molecular weight is 495 g/mol. The molecule has 3 aromatic rings. The normalized spacial score (nSPS) is 18.6. The summed E-state index contributed by atoms with van der Waals surface area (Å²) in [4.78, 5) is 55.9. The maximum atomic E-state index is 13.3. The van der Waals surface area contributed by atoms with Crippen LogP contribution in [0.2, 0.25) is 0 Å². The van der Waals surface area contributed by atoms with Crippen molar-refractivity contribution in [3.8, 4) is 11.5 Å². The third kappa shape index (κ3) is 3.78. The molecule has 36 heavy (non-hydrogen) atoms. The fourth-order valence-corrected chi connectivity index (χ4v) is 5.36. The first-order valence-electron chi connectivity index (χ1n) is 11.5. The Morgan fingerprint density at radius 3 is 2.53 bits per heavy atom. The van der Waals surface area contributed by atoms with Crippen LogP contribution in [0.4, 0.5) is 5.69 Å². The second kappa shape index (κ2) is 8.77. The van der Waals surface area contributed by atoms with E-state index in [1.807, 2.05) is 0 Å². The minimum absolute atomic E-state index is 0.0100. The van der Waals surface area contributed by atoms with Gasteiger partial charge in [-0.25, -0.2) is 4.98 Å². The van der Waals surface area contributed by atoms with Crippen molar-refractivity contribution in [2.45, 2.75) is 32.4 Å². The van der Waals surface area contributed by atoms with Crippen molar-refractivity contribution in [2.75, 3.05) is 27.3 Å². The van der Waals surface area contributed by atoms with Crippen molar-refractivity contribution in [1.29, 1.82) is 0 Å². The van der Waals surface area contributed by atoms with E-state index in [1.54, 1.807) is 30.0 Å². The predicted octanol–water partition coefficient (Wildman–Crippen LogP) is 1.44. The number of likely N-dealkylation sites (tertiary alicyclic amines) is 1. The van der Waals surface area contributed by atoms with Gasteiger partial charge in [-0.05, 0) is 31.4 Å². The lowest BCUT2D eigenvalue weighted by Gasteiger charge is -2.42. The minimum atomic E-state index is -0.667. The monoisotopic (exact) mass is 495 g/mol. The van der Waals surface area contributed by atoms with Gasteiger partial charge in [-0.1, -0.05) is 0 Å². The number of amides is 1. The van der Waals surface area contributed by atoms with Crippen molar-refractivity contribution in [3.05, 3.63) is 66.6 Å². The van der Waals surface area contributed by atoms with Crippen LogP contribution in [0.1, 0.15) is 23.9 Å². The van der Waals surface area contributed by atoms with Crippen molar-refractivity contribution in [1.82, 2.24) is 19.0 Å². The van der Waals surface area contributed by atoms with Crippen molar-refractivity contribution in [2.24, 2.45) is 5.92 Å². The maximum absolute atomic E-state index is 13.3. The second-order valence-electron chi connectivity index (χ2n) is 9.19. The first kappa shape index (κ1) is 23.5. The Hall–Kier alpha value is -4.22. The van der Waals surface area contributed by atoms with Crippen LogP contribution in [0, 0.1) is 23.0 Å². The molecular formula is C24H25N5O7. The molecule has 0 radical (unpaired) electrons. The fourth-order valence-electron chi connectivity index (χ4n) is 5.36. The van der Waals surface area contributed by atoms with E-state index in [9.17, 15) is 24.5 Å². The largest absolute Gasteiger partial charge is 0.493 e. The van der Waals surface area contributed by atoms with E-state index in [4.69, 9.17) is 9.47 Å². The molecule has 4 heterocycles. The number of ether oxygens (including phenoxy) is 2. The van der Waals surface area contributed by atoms with Gasteiger partial charge in [0.2, 0.25) is 5.91 Å². The zero-order valence-electron chi connectivity index (χ0n) is 20.1. The molecular weight excluding hydrogens is 470 g/mol. The number of rotatable bonds is 5. The molecule has 0 spiro atoms. The van der Waals surface area contributed by atoms with Gasteiger partial charge in [0.1, 0.15) is 12.4 Å². The number of hydrogen-bond donors (Lipinski definition) is 0. The summed E-state index contributed by atoms with van der Waals surface area (Å²) in [6, 6.07) is 6.04. The van der Waals surface area contributed by atoms with Gasteiger partial charge in [-0.15, -0.1) is 0 Å². The zero-order valence-corrected chi connectivity index (χ0v) is 20.1. The van der Waals surface area contributed by atoms with Crippen LogP contribution in [0.25, 0.3) is 10.9 Å².